The Bertz CT molecular complexity index is 571. The minimum absolute atomic E-state index is 0.0189. The van der Waals surface area contributed by atoms with Gasteiger partial charge in [-0.1, -0.05) is 6.07 Å². The lowest BCUT2D eigenvalue weighted by molar-refractivity contribution is 0.00578. The Morgan fingerprint density at radius 1 is 1.24 bits per heavy atom. The minimum atomic E-state index is -0.677. The Morgan fingerprint density at radius 2 is 1.76 bits per heavy atom. The van der Waals surface area contributed by atoms with E-state index >= 15 is 0 Å². The second-order valence-electron chi connectivity index (χ2n) is 6.24. The van der Waals surface area contributed by atoms with Crippen LogP contribution in [0.25, 0.3) is 0 Å². The van der Waals surface area contributed by atoms with Gasteiger partial charge in [-0.15, -0.1) is 0 Å². The van der Waals surface area contributed by atoms with E-state index in [1.54, 1.807) is 19.1 Å². The van der Waals surface area contributed by atoms with Gasteiger partial charge in [-0.25, -0.2) is 5.84 Å². The standard InChI is InChI=1S/C14H21BN2O4/c1-8-9(12(19)17-16)6-7-10(11(8)18)15-20-13(2,3)14(4,5)21-15/h6-7,18H,16H2,1-5H3,(H,17,19). The molecule has 1 aliphatic heterocycles. The van der Waals surface area contributed by atoms with Crippen LogP contribution in [0.3, 0.4) is 0 Å². The molecule has 1 aliphatic rings. The van der Waals surface area contributed by atoms with Crippen molar-refractivity contribution in [3.63, 3.8) is 0 Å². The summed E-state index contributed by atoms with van der Waals surface area (Å²) in [5.74, 6) is 4.65. The zero-order chi connectivity index (χ0) is 16.0. The molecule has 1 aromatic carbocycles. The number of aromatic hydroxyl groups is 1. The summed E-state index contributed by atoms with van der Waals surface area (Å²) in [6.07, 6.45) is 0. The van der Waals surface area contributed by atoms with Gasteiger partial charge in [0.2, 0.25) is 0 Å². The summed E-state index contributed by atoms with van der Waals surface area (Å²) >= 11 is 0. The fourth-order valence-corrected chi connectivity index (χ4v) is 2.21. The summed E-state index contributed by atoms with van der Waals surface area (Å²) < 4.78 is 11.8. The van der Waals surface area contributed by atoms with E-state index < -0.39 is 24.2 Å². The summed E-state index contributed by atoms with van der Waals surface area (Å²) in [6.45, 7) is 9.40. The van der Waals surface area contributed by atoms with Crippen molar-refractivity contribution in [3.8, 4) is 5.75 Å². The van der Waals surface area contributed by atoms with E-state index in [1.165, 1.54) is 0 Å². The van der Waals surface area contributed by atoms with E-state index in [0.29, 0.717) is 16.6 Å². The molecule has 114 valence electrons. The normalized spacial score (nSPS) is 19.6. The largest absolute Gasteiger partial charge is 0.508 e. The summed E-state index contributed by atoms with van der Waals surface area (Å²) in [6, 6.07) is 3.21. The third-order valence-corrected chi connectivity index (χ3v) is 4.35. The number of nitrogens with one attached hydrogen (secondary N) is 1. The van der Waals surface area contributed by atoms with Gasteiger partial charge in [0.15, 0.2) is 0 Å². The maximum absolute atomic E-state index is 11.6. The van der Waals surface area contributed by atoms with Crippen molar-refractivity contribution in [2.24, 2.45) is 5.84 Å². The van der Waals surface area contributed by atoms with E-state index in [9.17, 15) is 9.90 Å². The second-order valence-corrected chi connectivity index (χ2v) is 6.24. The fourth-order valence-electron chi connectivity index (χ4n) is 2.21. The van der Waals surface area contributed by atoms with E-state index in [0.717, 1.165) is 0 Å². The molecule has 0 atom stereocenters. The average molecular weight is 292 g/mol. The van der Waals surface area contributed by atoms with Gasteiger partial charge in [0.25, 0.3) is 5.91 Å². The number of carbonyl (C=O) groups is 1. The lowest BCUT2D eigenvalue weighted by Crippen LogP contribution is -2.41. The highest BCUT2D eigenvalue weighted by Gasteiger charge is 2.52. The van der Waals surface area contributed by atoms with Gasteiger partial charge in [0.05, 0.1) is 11.2 Å². The SMILES string of the molecule is Cc1c(C(=O)NN)ccc(B2OC(C)(C)C(C)(C)O2)c1O. The maximum Gasteiger partial charge on any atom is 0.498 e. The Morgan fingerprint density at radius 3 is 2.24 bits per heavy atom. The maximum atomic E-state index is 11.6. The second kappa shape index (κ2) is 5.01. The number of phenols is 1. The first kappa shape index (κ1) is 15.8. The molecule has 1 fully saturated rings. The van der Waals surface area contributed by atoms with Crippen LogP contribution in [0.2, 0.25) is 0 Å². The Hall–Kier alpha value is -1.57. The summed E-state index contributed by atoms with van der Waals surface area (Å²) in [4.78, 5) is 11.6. The number of benzene rings is 1. The number of phenolic OH excluding ortho intramolecular Hbond substituents is 1. The van der Waals surface area contributed by atoms with Crippen LogP contribution in [0.5, 0.6) is 5.75 Å². The topological polar surface area (TPSA) is 93.8 Å². The van der Waals surface area contributed by atoms with Gasteiger partial charge < -0.3 is 14.4 Å². The average Bonchev–Trinajstić information content (AvgIpc) is 2.60. The number of rotatable bonds is 2. The highest BCUT2D eigenvalue weighted by Crippen LogP contribution is 2.37. The van der Waals surface area contributed by atoms with Gasteiger partial charge in [0.1, 0.15) is 5.75 Å². The van der Waals surface area contributed by atoms with Crippen molar-refractivity contribution in [2.45, 2.75) is 45.8 Å². The van der Waals surface area contributed by atoms with Crippen molar-refractivity contribution in [3.05, 3.63) is 23.3 Å². The molecule has 0 unspecified atom stereocenters. The van der Waals surface area contributed by atoms with Crippen LogP contribution in [0.4, 0.5) is 0 Å². The minimum Gasteiger partial charge on any atom is -0.508 e. The molecule has 1 saturated heterocycles. The highest BCUT2D eigenvalue weighted by molar-refractivity contribution is 6.63. The molecule has 6 nitrogen and oxygen atoms in total. The molecule has 1 aromatic rings. The molecule has 0 radical (unpaired) electrons. The van der Waals surface area contributed by atoms with Crippen LogP contribution in [0, 0.1) is 6.92 Å². The van der Waals surface area contributed by atoms with Crippen LogP contribution in [0.15, 0.2) is 12.1 Å². The molecule has 0 bridgehead atoms. The van der Waals surface area contributed by atoms with Gasteiger partial charge in [-0.05, 0) is 40.7 Å². The number of amides is 1. The summed E-state index contributed by atoms with van der Waals surface area (Å²) in [5.41, 5.74) is 2.31. The molecule has 1 heterocycles. The number of carbonyl (C=O) groups excluding carboxylic acids is 1. The zero-order valence-electron chi connectivity index (χ0n) is 13.0. The van der Waals surface area contributed by atoms with Gasteiger partial charge in [0, 0.05) is 16.6 Å². The molecule has 2 rings (SSSR count). The molecule has 0 spiro atoms. The Kier molecular flexibility index (Phi) is 3.78. The molecule has 1 amide bonds. The van der Waals surface area contributed by atoms with Crippen molar-refractivity contribution >= 4 is 18.5 Å². The molecule has 0 aromatic heterocycles. The third-order valence-electron chi connectivity index (χ3n) is 4.35. The third kappa shape index (κ3) is 2.52. The Balaban J connectivity index is 2.40. The molecular formula is C14H21BN2O4. The van der Waals surface area contributed by atoms with Crippen molar-refractivity contribution in [1.82, 2.24) is 5.43 Å². The van der Waals surface area contributed by atoms with Gasteiger partial charge in [-0.2, -0.15) is 0 Å². The summed E-state index contributed by atoms with van der Waals surface area (Å²) in [7, 11) is -0.677. The number of nitrogens with two attached hydrogens (primary N) is 1. The monoisotopic (exact) mass is 292 g/mol. The lowest BCUT2D eigenvalue weighted by atomic mass is 9.76. The predicted molar refractivity (Wildman–Crippen MR) is 80.2 cm³/mol. The number of hydrogen-bond acceptors (Lipinski definition) is 5. The first-order chi connectivity index (χ1) is 9.60. The molecule has 21 heavy (non-hydrogen) atoms. The number of hydrogen-bond donors (Lipinski definition) is 3. The lowest BCUT2D eigenvalue weighted by Gasteiger charge is -2.32. The number of nitrogen functional groups attached to an aromatic ring is 1. The fraction of sp³-hybridized carbons (Fsp3) is 0.500. The predicted octanol–water partition coefficient (Wildman–Crippen LogP) is 0.603. The molecular weight excluding hydrogens is 271 g/mol. The van der Waals surface area contributed by atoms with Crippen molar-refractivity contribution in [2.75, 3.05) is 0 Å². The quantitative estimate of drug-likeness (QED) is 0.321. The van der Waals surface area contributed by atoms with Crippen LogP contribution in [0.1, 0.15) is 43.6 Å². The van der Waals surface area contributed by atoms with E-state index in [4.69, 9.17) is 15.2 Å². The van der Waals surface area contributed by atoms with Gasteiger partial charge >= 0.3 is 7.12 Å². The Labute approximate surface area is 124 Å². The van der Waals surface area contributed by atoms with Crippen molar-refractivity contribution < 1.29 is 19.2 Å². The van der Waals surface area contributed by atoms with Crippen LogP contribution in [-0.2, 0) is 9.31 Å². The van der Waals surface area contributed by atoms with Gasteiger partial charge in [-0.3, -0.25) is 10.2 Å². The van der Waals surface area contributed by atoms with Crippen LogP contribution >= 0.6 is 0 Å². The first-order valence-corrected chi connectivity index (χ1v) is 6.80. The molecule has 7 heteroatoms. The molecule has 0 saturated carbocycles. The van der Waals surface area contributed by atoms with Crippen LogP contribution < -0.4 is 16.7 Å². The smallest absolute Gasteiger partial charge is 0.498 e. The van der Waals surface area contributed by atoms with E-state index in [-0.39, 0.29) is 5.75 Å². The number of hydrazine groups is 1. The van der Waals surface area contributed by atoms with E-state index in [2.05, 4.69) is 5.43 Å². The van der Waals surface area contributed by atoms with E-state index in [1.807, 2.05) is 27.7 Å². The highest BCUT2D eigenvalue weighted by atomic mass is 16.7. The van der Waals surface area contributed by atoms with Crippen molar-refractivity contribution in [1.29, 1.82) is 0 Å². The molecule has 0 aliphatic carbocycles. The molecule has 4 N–H and O–H groups in total. The summed E-state index contributed by atoms with van der Waals surface area (Å²) in [5, 5.41) is 10.3. The first-order valence-electron chi connectivity index (χ1n) is 6.80. The van der Waals surface area contributed by atoms with Crippen LogP contribution in [-0.4, -0.2) is 29.3 Å². The zero-order valence-corrected chi connectivity index (χ0v) is 13.0.